The quantitative estimate of drug-likeness (QED) is 0.437. The Hall–Kier alpha value is -3.87. The fourth-order valence-electron chi connectivity index (χ4n) is 3.76. The third-order valence-electron chi connectivity index (χ3n) is 5.53. The van der Waals surface area contributed by atoms with Gasteiger partial charge in [-0.2, -0.15) is 5.10 Å². The molecule has 0 saturated carbocycles. The first-order chi connectivity index (χ1) is 15.0. The van der Waals surface area contributed by atoms with Gasteiger partial charge in [-0.05, 0) is 35.2 Å². The van der Waals surface area contributed by atoms with Crippen LogP contribution in [-0.4, -0.2) is 30.9 Å². The summed E-state index contributed by atoms with van der Waals surface area (Å²) >= 11 is 0. The SMILES string of the molecule is COc1cccc(Cn2nc3c4cc(-c5ccc(C(C)C)cc5)nn4ccn3c2=O)c1. The molecule has 5 aromatic rings. The lowest BCUT2D eigenvalue weighted by Gasteiger charge is -2.05. The maximum atomic E-state index is 12.9. The minimum absolute atomic E-state index is 0.190. The molecular weight excluding hydrogens is 390 g/mol. The van der Waals surface area contributed by atoms with Crippen LogP contribution in [0.4, 0.5) is 0 Å². The molecule has 0 fully saturated rings. The van der Waals surface area contributed by atoms with Gasteiger partial charge in [0.15, 0.2) is 5.65 Å². The minimum atomic E-state index is -0.190. The topological polar surface area (TPSA) is 65.8 Å². The fourth-order valence-corrected chi connectivity index (χ4v) is 3.76. The van der Waals surface area contributed by atoms with Gasteiger partial charge in [-0.3, -0.25) is 0 Å². The van der Waals surface area contributed by atoms with E-state index in [1.807, 2.05) is 30.3 Å². The minimum Gasteiger partial charge on any atom is -0.497 e. The lowest BCUT2D eigenvalue weighted by Crippen LogP contribution is -2.21. The molecule has 0 aliphatic carbocycles. The van der Waals surface area contributed by atoms with Crippen molar-refractivity contribution >= 4 is 11.2 Å². The molecule has 31 heavy (non-hydrogen) atoms. The maximum absolute atomic E-state index is 12.9. The van der Waals surface area contributed by atoms with E-state index in [0.29, 0.717) is 18.1 Å². The highest BCUT2D eigenvalue weighted by molar-refractivity contribution is 5.76. The van der Waals surface area contributed by atoms with Crippen LogP contribution in [-0.2, 0) is 6.54 Å². The van der Waals surface area contributed by atoms with Crippen LogP contribution in [0.2, 0.25) is 0 Å². The lowest BCUT2D eigenvalue weighted by molar-refractivity contribution is 0.414. The average molecular weight is 413 g/mol. The Morgan fingerprint density at radius 3 is 2.55 bits per heavy atom. The number of methoxy groups -OCH3 is 1. The molecule has 0 N–H and O–H groups in total. The van der Waals surface area contributed by atoms with Crippen LogP contribution in [0.3, 0.4) is 0 Å². The average Bonchev–Trinajstić information content (AvgIpc) is 3.35. The van der Waals surface area contributed by atoms with E-state index in [0.717, 1.165) is 28.1 Å². The van der Waals surface area contributed by atoms with E-state index in [2.05, 4.69) is 48.3 Å². The van der Waals surface area contributed by atoms with Crippen LogP contribution >= 0.6 is 0 Å². The van der Waals surface area contributed by atoms with Crippen molar-refractivity contribution in [3.8, 4) is 17.0 Å². The fraction of sp³-hybridized carbons (Fsp3) is 0.208. The zero-order chi connectivity index (χ0) is 21.5. The number of rotatable bonds is 5. The summed E-state index contributed by atoms with van der Waals surface area (Å²) in [6.07, 6.45) is 3.49. The molecule has 5 rings (SSSR count). The zero-order valence-corrected chi connectivity index (χ0v) is 17.7. The van der Waals surface area contributed by atoms with Gasteiger partial charge in [0.25, 0.3) is 0 Å². The van der Waals surface area contributed by atoms with Gasteiger partial charge in [0.1, 0.15) is 11.3 Å². The molecule has 0 amide bonds. The smallest absolute Gasteiger partial charge is 0.350 e. The van der Waals surface area contributed by atoms with Gasteiger partial charge in [0.05, 0.1) is 19.3 Å². The Kier molecular flexibility index (Phi) is 4.58. The lowest BCUT2D eigenvalue weighted by atomic mass is 10.0. The van der Waals surface area contributed by atoms with Gasteiger partial charge in [0.2, 0.25) is 0 Å². The third kappa shape index (κ3) is 3.38. The van der Waals surface area contributed by atoms with Gasteiger partial charge in [-0.25, -0.2) is 18.4 Å². The molecule has 7 nitrogen and oxygen atoms in total. The molecule has 0 radical (unpaired) electrons. The molecule has 0 aliphatic heterocycles. The molecule has 0 spiro atoms. The second-order valence-electron chi connectivity index (χ2n) is 7.92. The molecule has 0 unspecified atom stereocenters. The summed E-state index contributed by atoms with van der Waals surface area (Å²) < 4.78 is 10.1. The van der Waals surface area contributed by atoms with Gasteiger partial charge >= 0.3 is 5.69 Å². The summed E-state index contributed by atoms with van der Waals surface area (Å²) in [6, 6.07) is 18.0. The Bertz CT molecular complexity index is 1440. The number of ether oxygens (including phenoxy) is 1. The van der Waals surface area contributed by atoms with Crippen molar-refractivity contribution in [3.63, 3.8) is 0 Å². The second kappa shape index (κ2) is 7.43. The van der Waals surface area contributed by atoms with E-state index in [4.69, 9.17) is 4.74 Å². The van der Waals surface area contributed by atoms with Crippen molar-refractivity contribution in [2.75, 3.05) is 7.11 Å². The molecular formula is C24H23N5O2. The van der Waals surface area contributed by atoms with E-state index in [-0.39, 0.29) is 5.69 Å². The Labute approximate surface area is 179 Å². The maximum Gasteiger partial charge on any atom is 0.350 e. The van der Waals surface area contributed by atoms with Crippen molar-refractivity contribution in [2.24, 2.45) is 0 Å². The zero-order valence-electron chi connectivity index (χ0n) is 17.7. The Morgan fingerprint density at radius 2 is 1.81 bits per heavy atom. The highest BCUT2D eigenvalue weighted by Crippen LogP contribution is 2.24. The molecule has 156 valence electrons. The van der Waals surface area contributed by atoms with Crippen molar-refractivity contribution < 1.29 is 4.74 Å². The monoisotopic (exact) mass is 413 g/mol. The largest absolute Gasteiger partial charge is 0.497 e. The summed E-state index contributed by atoms with van der Waals surface area (Å²) in [4.78, 5) is 12.9. The number of fused-ring (bicyclic) bond motifs is 3. The highest BCUT2D eigenvalue weighted by atomic mass is 16.5. The van der Waals surface area contributed by atoms with Gasteiger partial charge in [0, 0.05) is 18.0 Å². The molecule has 0 bridgehead atoms. The molecule has 7 heteroatoms. The number of aromatic nitrogens is 5. The molecule has 3 heterocycles. The van der Waals surface area contributed by atoms with E-state index in [9.17, 15) is 4.79 Å². The third-order valence-corrected chi connectivity index (χ3v) is 5.53. The predicted molar refractivity (Wildman–Crippen MR) is 120 cm³/mol. The molecule has 3 aromatic heterocycles. The first-order valence-corrected chi connectivity index (χ1v) is 10.2. The van der Waals surface area contributed by atoms with Crippen LogP contribution < -0.4 is 10.4 Å². The van der Waals surface area contributed by atoms with Crippen molar-refractivity contribution in [3.05, 3.63) is 88.6 Å². The van der Waals surface area contributed by atoms with Crippen LogP contribution in [0.5, 0.6) is 5.75 Å². The van der Waals surface area contributed by atoms with Gasteiger partial charge in [-0.15, -0.1) is 5.10 Å². The van der Waals surface area contributed by atoms with Gasteiger partial charge in [-0.1, -0.05) is 50.2 Å². The number of hydrogen-bond acceptors (Lipinski definition) is 4. The van der Waals surface area contributed by atoms with Gasteiger partial charge < -0.3 is 4.74 Å². The standard InChI is InChI=1S/C24H23N5O2/c1-16(2)18-7-9-19(10-8-18)21-14-22-23-26-29(15-17-5-4-6-20(13-17)31-3)24(30)27(23)11-12-28(22)25-21/h4-14,16H,15H2,1-3H3. The van der Waals surface area contributed by atoms with Crippen LogP contribution in [0, 0.1) is 0 Å². The van der Waals surface area contributed by atoms with E-state index >= 15 is 0 Å². The van der Waals surface area contributed by atoms with Crippen molar-refractivity contribution in [1.29, 1.82) is 0 Å². The Balaban J connectivity index is 1.56. The van der Waals surface area contributed by atoms with Crippen LogP contribution in [0.15, 0.2) is 71.8 Å². The van der Waals surface area contributed by atoms with Crippen LogP contribution in [0.1, 0.15) is 30.9 Å². The number of nitrogens with zero attached hydrogens (tertiary/aromatic N) is 5. The molecule has 2 aromatic carbocycles. The predicted octanol–water partition coefficient (Wildman–Crippen LogP) is 3.99. The number of hydrogen-bond donors (Lipinski definition) is 0. The molecule has 0 saturated heterocycles. The first kappa shape index (κ1) is 19.1. The van der Waals surface area contributed by atoms with Crippen LogP contribution in [0.25, 0.3) is 22.4 Å². The molecule has 0 aliphatic rings. The second-order valence-corrected chi connectivity index (χ2v) is 7.92. The van der Waals surface area contributed by atoms with E-state index in [1.54, 1.807) is 28.4 Å². The summed E-state index contributed by atoms with van der Waals surface area (Å²) in [5.41, 5.74) is 5.28. The summed E-state index contributed by atoms with van der Waals surface area (Å²) in [5.74, 6) is 1.23. The highest BCUT2D eigenvalue weighted by Gasteiger charge is 2.14. The summed E-state index contributed by atoms with van der Waals surface area (Å²) in [6.45, 7) is 4.72. The number of benzene rings is 2. The van der Waals surface area contributed by atoms with Crippen molar-refractivity contribution in [2.45, 2.75) is 26.3 Å². The van der Waals surface area contributed by atoms with E-state index in [1.165, 1.54) is 10.2 Å². The first-order valence-electron chi connectivity index (χ1n) is 10.2. The van der Waals surface area contributed by atoms with E-state index < -0.39 is 0 Å². The van der Waals surface area contributed by atoms with Crippen molar-refractivity contribution in [1.82, 2.24) is 23.8 Å². The Morgan fingerprint density at radius 1 is 1.00 bits per heavy atom. The normalized spacial score (nSPS) is 11.6. The summed E-state index contributed by atoms with van der Waals surface area (Å²) in [7, 11) is 1.63. The molecule has 0 atom stereocenters. The summed E-state index contributed by atoms with van der Waals surface area (Å²) in [5, 5.41) is 9.29.